The van der Waals surface area contributed by atoms with Crippen LogP contribution in [0.3, 0.4) is 0 Å². The van der Waals surface area contributed by atoms with Gasteiger partial charge in [-0.1, -0.05) is 0 Å². The molecule has 2 heterocycles. The molecule has 27 heavy (non-hydrogen) atoms. The third-order valence-electron chi connectivity index (χ3n) is 5.33. The number of aromatic carboxylic acids is 1. The number of hydrogen-bond acceptors (Lipinski definition) is 4. The largest absolute Gasteiger partial charge is 0.477 e. The summed E-state index contributed by atoms with van der Waals surface area (Å²) in [7, 11) is 0. The van der Waals surface area contributed by atoms with E-state index in [1.807, 2.05) is 0 Å². The number of aromatic nitrogens is 1. The molecule has 0 spiro atoms. The number of anilines is 1. The Kier molecular flexibility index (Phi) is 4.14. The molecular formula is C18H18F3N3O3. The third-order valence-corrected chi connectivity index (χ3v) is 5.33. The Morgan fingerprint density at radius 2 is 2.00 bits per heavy atom. The number of nitrogens with zero attached hydrogens (tertiary/aromatic N) is 2. The van der Waals surface area contributed by atoms with E-state index in [9.17, 15) is 23.5 Å². The zero-order valence-electron chi connectivity index (χ0n) is 14.3. The van der Waals surface area contributed by atoms with Gasteiger partial charge in [-0.25, -0.2) is 18.0 Å². The number of nitrogens with two attached hydrogens (primary N) is 1. The molecule has 2 aliphatic rings. The number of benzene rings is 1. The lowest BCUT2D eigenvalue weighted by Crippen LogP contribution is -2.26. The predicted molar refractivity (Wildman–Crippen MR) is 93.0 cm³/mol. The van der Waals surface area contributed by atoms with Gasteiger partial charge in [0, 0.05) is 31.2 Å². The van der Waals surface area contributed by atoms with Gasteiger partial charge in [-0.15, -0.1) is 0 Å². The van der Waals surface area contributed by atoms with E-state index >= 15 is 4.39 Å². The average Bonchev–Trinajstić information content (AvgIpc) is 3.38. The van der Waals surface area contributed by atoms with Gasteiger partial charge in [0.15, 0.2) is 5.82 Å². The molecule has 2 atom stereocenters. The van der Waals surface area contributed by atoms with Gasteiger partial charge in [0.25, 0.3) is 0 Å². The van der Waals surface area contributed by atoms with E-state index in [4.69, 9.17) is 5.73 Å². The summed E-state index contributed by atoms with van der Waals surface area (Å²) in [6.45, 7) is -0.0663. The first kappa shape index (κ1) is 17.8. The molecule has 1 saturated heterocycles. The quantitative estimate of drug-likeness (QED) is 0.846. The second-order valence-electron chi connectivity index (χ2n) is 7.15. The summed E-state index contributed by atoms with van der Waals surface area (Å²) in [6.07, 6.45) is 1.22. The van der Waals surface area contributed by atoms with Crippen molar-refractivity contribution in [2.45, 2.75) is 25.1 Å². The number of carbonyl (C=O) groups is 1. The minimum Gasteiger partial charge on any atom is -0.477 e. The first-order chi connectivity index (χ1) is 12.8. The Balaban J connectivity index is 1.96. The highest BCUT2D eigenvalue weighted by atomic mass is 19.1. The van der Waals surface area contributed by atoms with Gasteiger partial charge in [-0.2, -0.15) is 0 Å². The Labute approximate surface area is 152 Å². The minimum atomic E-state index is -1.45. The zero-order valence-corrected chi connectivity index (χ0v) is 14.3. The van der Waals surface area contributed by atoms with Crippen LogP contribution in [0.4, 0.5) is 18.9 Å². The fourth-order valence-corrected chi connectivity index (χ4v) is 3.75. The van der Waals surface area contributed by atoms with Crippen molar-refractivity contribution in [2.24, 2.45) is 11.7 Å². The van der Waals surface area contributed by atoms with Gasteiger partial charge in [0.1, 0.15) is 23.2 Å². The lowest BCUT2D eigenvalue weighted by atomic mass is 10.1. The predicted octanol–water partition coefficient (Wildman–Crippen LogP) is 2.05. The van der Waals surface area contributed by atoms with Crippen LogP contribution < -0.4 is 16.1 Å². The molecule has 2 aromatic rings. The Hall–Kier alpha value is -2.55. The first-order valence-corrected chi connectivity index (χ1v) is 8.72. The maximum atomic E-state index is 15.4. The fourth-order valence-electron chi connectivity index (χ4n) is 3.75. The molecule has 6 nitrogen and oxygen atoms in total. The smallest absolute Gasteiger partial charge is 0.341 e. The van der Waals surface area contributed by atoms with Crippen molar-refractivity contribution in [3.8, 4) is 0 Å². The SMILES string of the molecule is NC[C@@H]1CN(c2c(F)cc3c(=O)c(C(=O)O)cn(C4CC4)c3c2F)C[C@@H]1F. The summed E-state index contributed by atoms with van der Waals surface area (Å²) in [5.41, 5.74) is 3.49. The van der Waals surface area contributed by atoms with Gasteiger partial charge < -0.3 is 20.3 Å². The van der Waals surface area contributed by atoms with Crippen LogP contribution in [0.15, 0.2) is 17.1 Å². The number of halogens is 3. The maximum Gasteiger partial charge on any atom is 0.341 e. The van der Waals surface area contributed by atoms with E-state index < -0.39 is 46.4 Å². The van der Waals surface area contributed by atoms with Gasteiger partial charge in [-0.05, 0) is 25.5 Å². The molecule has 1 aromatic carbocycles. The molecule has 2 fully saturated rings. The van der Waals surface area contributed by atoms with Crippen molar-refractivity contribution >= 4 is 22.6 Å². The van der Waals surface area contributed by atoms with Crippen LogP contribution in [-0.4, -0.2) is 41.4 Å². The standard InChI is InChI=1S/C18H18F3N3O3/c19-12-3-10-15(14(21)16(12)23-5-8(4-22)13(20)7-23)24(9-1-2-9)6-11(17(10)25)18(26)27/h3,6,8-9,13H,1-2,4-5,7,22H2,(H,26,27)/t8-,13+/m1/s1. The van der Waals surface area contributed by atoms with E-state index in [1.165, 1.54) is 9.47 Å². The molecule has 1 aromatic heterocycles. The maximum absolute atomic E-state index is 15.4. The summed E-state index contributed by atoms with van der Waals surface area (Å²) < 4.78 is 45.5. The minimum absolute atomic E-state index is 0.0588. The normalized spacial score (nSPS) is 22.6. The van der Waals surface area contributed by atoms with Crippen LogP contribution in [0.25, 0.3) is 10.9 Å². The topological polar surface area (TPSA) is 88.6 Å². The summed E-state index contributed by atoms with van der Waals surface area (Å²) in [5.74, 6) is -3.98. The number of rotatable bonds is 4. The molecule has 0 unspecified atom stereocenters. The van der Waals surface area contributed by atoms with Gasteiger partial charge in [-0.3, -0.25) is 4.79 Å². The molecule has 3 N–H and O–H groups in total. The van der Waals surface area contributed by atoms with E-state index in [2.05, 4.69) is 0 Å². The number of carboxylic acids is 1. The monoisotopic (exact) mass is 381 g/mol. The molecule has 1 saturated carbocycles. The summed E-state index contributed by atoms with van der Waals surface area (Å²) in [6, 6.07) is 0.702. The Morgan fingerprint density at radius 3 is 2.56 bits per heavy atom. The van der Waals surface area contributed by atoms with E-state index in [0.717, 1.165) is 12.3 Å². The molecule has 4 rings (SSSR count). The number of pyridine rings is 1. The number of carboxylic acid groups (broad SMARTS) is 1. The van der Waals surface area contributed by atoms with Crippen molar-refractivity contribution in [3.63, 3.8) is 0 Å². The number of fused-ring (bicyclic) bond motifs is 1. The van der Waals surface area contributed by atoms with Gasteiger partial charge in [0.05, 0.1) is 10.9 Å². The van der Waals surface area contributed by atoms with Crippen molar-refractivity contribution < 1.29 is 23.1 Å². The second-order valence-corrected chi connectivity index (χ2v) is 7.15. The fraction of sp³-hybridized carbons (Fsp3) is 0.444. The van der Waals surface area contributed by atoms with Crippen LogP contribution in [0.1, 0.15) is 29.2 Å². The van der Waals surface area contributed by atoms with Crippen molar-refractivity contribution in [1.82, 2.24) is 4.57 Å². The first-order valence-electron chi connectivity index (χ1n) is 8.72. The summed E-state index contributed by atoms with van der Waals surface area (Å²) in [4.78, 5) is 25.0. The molecular weight excluding hydrogens is 363 g/mol. The lowest BCUT2D eigenvalue weighted by Gasteiger charge is -2.22. The highest BCUT2D eigenvalue weighted by molar-refractivity contribution is 5.94. The lowest BCUT2D eigenvalue weighted by molar-refractivity contribution is 0.0694. The average molecular weight is 381 g/mol. The number of hydrogen-bond donors (Lipinski definition) is 2. The van der Waals surface area contributed by atoms with Crippen molar-refractivity contribution in [3.05, 3.63) is 39.7 Å². The van der Waals surface area contributed by atoms with Gasteiger partial charge in [0.2, 0.25) is 5.43 Å². The molecule has 0 bridgehead atoms. The summed E-state index contributed by atoms with van der Waals surface area (Å²) in [5, 5.41) is 8.91. The molecule has 1 aliphatic heterocycles. The number of alkyl halides is 1. The van der Waals surface area contributed by atoms with Crippen LogP contribution >= 0.6 is 0 Å². The van der Waals surface area contributed by atoms with Gasteiger partial charge >= 0.3 is 5.97 Å². The molecule has 1 aliphatic carbocycles. The molecule has 0 radical (unpaired) electrons. The van der Waals surface area contributed by atoms with Crippen molar-refractivity contribution in [2.75, 3.05) is 24.5 Å². The Morgan fingerprint density at radius 1 is 1.30 bits per heavy atom. The summed E-state index contributed by atoms with van der Waals surface area (Å²) >= 11 is 0. The molecule has 144 valence electrons. The van der Waals surface area contributed by atoms with Crippen molar-refractivity contribution in [1.29, 1.82) is 0 Å². The second kappa shape index (κ2) is 6.26. The van der Waals surface area contributed by atoms with Crippen LogP contribution in [0.2, 0.25) is 0 Å². The Bertz CT molecular complexity index is 1000. The highest BCUT2D eigenvalue weighted by Gasteiger charge is 2.36. The third kappa shape index (κ3) is 2.77. The van der Waals surface area contributed by atoms with Crippen LogP contribution in [0, 0.1) is 17.6 Å². The van der Waals surface area contributed by atoms with Crippen LogP contribution in [-0.2, 0) is 0 Å². The van der Waals surface area contributed by atoms with E-state index in [-0.39, 0.29) is 36.6 Å². The zero-order chi connectivity index (χ0) is 19.5. The molecule has 0 amide bonds. The molecule has 9 heteroatoms. The van der Waals surface area contributed by atoms with E-state index in [1.54, 1.807) is 0 Å². The van der Waals surface area contributed by atoms with Crippen LogP contribution in [0.5, 0.6) is 0 Å². The van der Waals surface area contributed by atoms with E-state index in [0.29, 0.717) is 12.8 Å². The highest BCUT2D eigenvalue weighted by Crippen LogP contribution is 2.40.